The Kier molecular flexibility index (Phi) is 26.8. The first-order valence-electron chi connectivity index (χ1n) is 18.5. The van der Waals surface area contributed by atoms with E-state index in [0.29, 0.717) is 6.42 Å². The van der Waals surface area contributed by atoms with Gasteiger partial charge in [0, 0.05) is 18.9 Å². The molecular weight excluding hydrogens is 552 g/mol. The third kappa shape index (κ3) is 24.2. The van der Waals surface area contributed by atoms with Crippen molar-refractivity contribution < 1.29 is 23.5 Å². The van der Waals surface area contributed by atoms with Gasteiger partial charge in [0.05, 0.1) is 0 Å². The van der Waals surface area contributed by atoms with Gasteiger partial charge in [-0.05, 0) is 12.8 Å². The Morgan fingerprint density at radius 1 is 0.545 bits per heavy atom. The number of carbonyl (C=O) groups is 2. The number of ether oxygens (including phenoxy) is 2. The van der Waals surface area contributed by atoms with Crippen molar-refractivity contribution in [1.29, 1.82) is 0 Å². The Morgan fingerprint density at radius 3 is 1.30 bits per heavy atom. The Bertz CT molecular complexity index is 876. The molecule has 0 fully saturated rings. The first-order valence-corrected chi connectivity index (χ1v) is 18.5. The van der Waals surface area contributed by atoms with Crippen LogP contribution in [0.5, 0.6) is 5.75 Å². The lowest BCUT2D eigenvalue weighted by Gasteiger charge is -2.06. The van der Waals surface area contributed by atoms with Crippen molar-refractivity contribution in [1.82, 2.24) is 0 Å². The third-order valence-electron chi connectivity index (χ3n) is 8.42. The Labute approximate surface area is 269 Å². The minimum atomic E-state index is -0.447. The molecule has 0 aliphatic heterocycles. The van der Waals surface area contributed by atoms with Gasteiger partial charge in [-0.3, -0.25) is 14.4 Å². The lowest BCUT2D eigenvalue weighted by molar-refractivity contribution is -0.145. The van der Waals surface area contributed by atoms with Crippen molar-refractivity contribution in [3.05, 3.63) is 28.3 Å². The predicted molar refractivity (Wildman–Crippen MR) is 181 cm³/mol. The van der Waals surface area contributed by atoms with Crippen LogP contribution in [-0.2, 0) is 20.9 Å². The van der Waals surface area contributed by atoms with Crippen LogP contribution in [0.3, 0.4) is 0 Å². The molecule has 0 aliphatic rings. The van der Waals surface area contributed by atoms with Crippen molar-refractivity contribution in [2.45, 2.75) is 200 Å². The standard InChI is InChI=1S/C38H66O6/c1-3-5-7-9-11-13-15-17-19-21-23-25-27-29-37(40)43-32-34-31-35(39)36(33-42-34)44-38(41)30-28-26-24-22-20-18-16-14-12-10-8-6-4-2/h31,33H,3-30,32H2,1-2H3. The molecule has 1 aromatic rings. The van der Waals surface area contributed by atoms with Crippen LogP contribution < -0.4 is 10.2 Å². The third-order valence-corrected chi connectivity index (χ3v) is 8.42. The number of hydrogen-bond donors (Lipinski definition) is 0. The van der Waals surface area contributed by atoms with Crippen molar-refractivity contribution in [3.63, 3.8) is 0 Å². The van der Waals surface area contributed by atoms with Gasteiger partial charge in [0.25, 0.3) is 0 Å². The van der Waals surface area contributed by atoms with Crippen molar-refractivity contribution in [3.8, 4) is 5.75 Å². The molecule has 0 aromatic carbocycles. The summed E-state index contributed by atoms with van der Waals surface area (Å²) in [5.74, 6) is -0.585. The molecule has 1 heterocycles. The zero-order valence-electron chi connectivity index (χ0n) is 28.6. The van der Waals surface area contributed by atoms with E-state index >= 15 is 0 Å². The highest BCUT2D eigenvalue weighted by Gasteiger charge is 2.12. The largest absolute Gasteiger partial charge is 0.462 e. The molecular formula is C38H66O6. The normalized spacial score (nSPS) is 11.1. The van der Waals surface area contributed by atoms with E-state index in [2.05, 4.69) is 13.8 Å². The van der Waals surface area contributed by atoms with E-state index in [1.165, 1.54) is 134 Å². The van der Waals surface area contributed by atoms with Gasteiger partial charge in [-0.25, -0.2) is 0 Å². The molecule has 44 heavy (non-hydrogen) atoms. The monoisotopic (exact) mass is 618 g/mol. The first kappa shape index (κ1) is 39.9. The van der Waals surface area contributed by atoms with E-state index < -0.39 is 11.4 Å². The Balaban J connectivity index is 2.02. The number of hydrogen-bond acceptors (Lipinski definition) is 6. The number of carbonyl (C=O) groups excluding carboxylic acids is 2. The van der Waals surface area contributed by atoms with Gasteiger partial charge in [-0.1, -0.05) is 168 Å². The van der Waals surface area contributed by atoms with E-state index in [4.69, 9.17) is 13.9 Å². The minimum Gasteiger partial charge on any atom is -0.462 e. The molecule has 1 aromatic heterocycles. The summed E-state index contributed by atoms with van der Waals surface area (Å²) < 4.78 is 15.9. The fraction of sp³-hybridized carbons (Fsp3) is 0.816. The molecule has 6 heteroatoms. The average Bonchev–Trinajstić information content (AvgIpc) is 3.02. The van der Waals surface area contributed by atoms with Crippen molar-refractivity contribution >= 4 is 11.9 Å². The smallest absolute Gasteiger partial charge is 0.311 e. The Hall–Kier alpha value is -2.11. The zero-order valence-corrected chi connectivity index (χ0v) is 28.6. The fourth-order valence-corrected chi connectivity index (χ4v) is 5.56. The van der Waals surface area contributed by atoms with E-state index in [1.807, 2.05) is 0 Å². The summed E-state index contributed by atoms with van der Waals surface area (Å²) in [6.07, 6.45) is 34.3. The summed E-state index contributed by atoms with van der Waals surface area (Å²) in [4.78, 5) is 36.6. The van der Waals surface area contributed by atoms with E-state index in [-0.39, 0.29) is 30.5 Å². The summed E-state index contributed by atoms with van der Waals surface area (Å²) in [5, 5.41) is 0. The van der Waals surface area contributed by atoms with Gasteiger partial charge < -0.3 is 13.9 Å². The second-order valence-corrected chi connectivity index (χ2v) is 12.7. The second-order valence-electron chi connectivity index (χ2n) is 12.7. The van der Waals surface area contributed by atoms with Gasteiger partial charge in [-0.2, -0.15) is 0 Å². The molecule has 0 bridgehead atoms. The van der Waals surface area contributed by atoms with Crippen molar-refractivity contribution in [2.24, 2.45) is 0 Å². The maximum Gasteiger partial charge on any atom is 0.311 e. The van der Waals surface area contributed by atoms with E-state index in [1.54, 1.807) is 0 Å². The highest BCUT2D eigenvalue weighted by Crippen LogP contribution is 2.15. The molecule has 254 valence electrons. The SMILES string of the molecule is CCCCCCCCCCCCCCCC(=O)OCc1cc(=O)c(OC(=O)CCCCCCCCCCCCCCC)co1. The fourth-order valence-electron chi connectivity index (χ4n) is 5.56. The average molecular weight is 619 g/mol. The molecule has 0 atom stereocenters. The minimum absolute atomic E-state index is 0.0975. The lowest BCUT2D eigenvalue weighted by atomic mass is 10.0. The summed E-state index contributed by atoms with van der Waals surface area (Å²) in [5.41, 5.74) is -0.447. The van der Waals surface area contributed by atoms with Crippen LogP contribution in [0.1, 0.15) is 199 Å². The molecule has 0 spiro atoms. The quantitative estimate of drug-likeness (QED) is 0.0608. The second kappa shape index (κ2) is 29.6. The van der Waals surface area contributed by atoms with Gasteiger partial charge in [-0.15, -0.1) is 0 Å². The molecule has 0 radical (unpaired) electrons. The molecule has 0 aliphatic carbocycles. The number of unbranched alkanes of at least 4 members (excludes halogenated alkanes) is 24. The predicted octanol–water partition coefficient (Wildman–Crippen LogP) is 11.6. The molecule has 1 rings (SSSR count). The van der Waals surface area contributed by atoms with Crippen LogP contribution in [0.4, 0.5) is 0 Å². The molecule has 0 N–H and O–H groups in total. The van der Waals surface area contributed by atoms with Crippen LogP contribution >= 0.6 is 0 Å². The van der Waals surface area contributed by atoms with Crippen LogP contribution in [-0.4, -0.2) is 11.9 Å². The Morgan fingerprint density at radius 2 is 0.909 bits per heavy atom. The van der Waals surface area contributed by atoms with Gasteiger partial charge in [0.15, 0.2) is 0 Å². The molecule has 0 amide bonds. The number of rotatable bonds is 31. The maximum absolute atomic E-state index is 12.3. The number of esters is 2. The zero-order chi connectivity index (χ0) is 31.9. The first-order chi connectivity index (χ1) is 21.6. The highest BCUT2D eigenvalue weighted by atomic mass is 16.6. The van der Waals surface area contributed by atoms with Crippen LogP contribution in [0.15, 0.2) is 21.5 Å². The molecule has 6 nitrogen and oxygen atoms in total. The summed E-state index contributed by atoms with van der Waals surface area (Å²) in [6.45, 7) is 4.41. The molecule has 0 saturated carbocycles. The van der Waals surface area contributed by atoms with Crippen LogP contribution in [0, 0.1) is 0 Å². The topological polar surface area (TPSA) is 82.8 Å². The van der Waals surface area contributed by atoms with Crippen molar-refractivity contribution in [2.75, 3.05) is 0 Å². The summed E-state index contributed by atoms with van der Waals surface area (Å²) in [7, 11) is 0. The maximum atomic E-state index is 12.3. The van der Waals surface area contributed by atoms with E-state index in [9.17, 15) is 14.4 Å². The molecule has 0 saturated heterocycles. The van der Waals surface area contributed by atoms with E-state index in [0.717, 1.165) is 44.8 Å². The molecule has 0 unspecified atom stereocenters. The van der Waals surface area contributed by atoms with Gasteiger partial charge in [0.2, 0.25) is 11.2 Å². The summed E-state index contributed by atoms with van der Waals surface area (Å²) in [6, 6.07) is 1.23. The highest BCUT2D eigenvalue weighted by molar-refractivity contribution is 5.72. The van der Waals surface area contributed by atoms with Crippen LogP contribution in [0.25, 0.3) is 0 Å². The van der Waals surface area contributed by atoms with Crippen LogP contribution in [0.2, 0.25) is 0 Å². The van der Waals surface area contributed by atoms with Gasteiger partial charge in [0.1, 0.15) is 18.6 Å². The summed E-state index contributed by atoms with van der Waals surface area (Å²) >= 11 is 0. The van der Waals surface area contributed by atoms with Gasteiger partial charge >= 0.3 is 11.9 Å². The lowest BCUT2D eigenvalue weighted by Crippen LogP contribution is -2.15.